The molecule has 22 heavy (non-hydrogen) atoms. The van der Waals surface area contributed by atoms with Gasteiger partial charge in [-0.2, -0.15) is 15.0 Å². The summed E-state index contributed by atoms with van der Waals surface area (Å²) in [5.74, 6) is 0. The molecule has 0 bridgehead atoms. The Balaban J connectivity index is 1.53. The molecule has 0 unspecified atom stereocenters. The van der Waals surface area contributed by atoms with Gasteiger partial charge in [0.2, 0.25) is 0 Å². The Bertz CT molecular complexity index is 603. The van der Waals surface area contributed by atoms with Crippen LogP contribution in [0.2, 0.25) is 0 Å². The van der Waals surface area contributed by atoms with E-state index in [4.69, 9.17) is 0 Å². The summed E-state index contributed by atoms with van der Waals surface area (Å²) in [4.78, 5) is 13.5. The van der Waals surface area contributed by atoms with Crippen LogP contribution >= 0.6 is 0 Å². The lowest BCUT2D eigenvalue weighted by molar-refractivity contribution is 0.118. The van der Waals surface area contributed by atoms with Gasteiger partial charge in [-0.3, -0.25) is 0 Å². The first-order valence-electron chi connectivity index (χ1n) is 7.43. The minimum Gasteiger partial charge on any atom is -0.393 e. The van der Waals surface area contributed by atoms with Gasteiger partial charge in [0, 0.05) is 11.7 Å². The average Bonchev–Trinajstić information content (AvgIpc) is 3.05. The summed E-state index contributed by atoms with van der Waals surface area (Å²) in [5.41, 5.74) is 1.54. The molecule has 2 aromatic rings. The zero-order valence-electron chi connectivity index (χ0n) is 12.1. The summed E-state index contributed by atoms with van der Waals surface area (Å²) in [6, 6.07) is 7.22. The monoisotopic (exact) mass is 301 g/mol. The minimum atomic E-state index is -0.218. The number of rotatable bonds is 3. The molecule has 1 heterocycles. The van der Waals surface area contributed by atoms with Gasteiger partial charge in [0.25, 0.3) is 0 Å². The fraction of sp³-hybridized carbons (Fsp3) is 0.400. The van der Waals surface area contributed by atoms with Crippen LogP contribution in [0.15, 0.2) is 36.7 Å². The van der Waals surface area contributed by atoms with Gasteiger partial charge in [0.1, 0.15) is 0 Å². The van der Waals surface area contributed by atoms with E-state index in [-0.39, 0.29) is 18.2 Å². The van der Waals surface area contributed by atoms with Gasteiger partial charge >= 0.3 is 6.03 Å². The summed E-state index contributed by atoms with van der Waals surface area (Å²) in [6.45, 7) is 0. The lowest BCUT2D eigenvalue weighted by atomic mass is 9.93. The van der Waals surface area contributed by atoms with E-state index >= 15 is 0 Å². The Hall–Kier alpha value is -2.41. The number of aromatic nitrogens is 3. The molecule has 3 rings (SSSR count). The molecule has 2 amide bonds. The van der Waals surface area contributed by atoms with Crippen LogP contribution in [-0.4, -0.2) is 38.3 Å². The standard InChI is InChI=1S/C15H19N5O2/c21-14-7-3-12(4-8-14)19-15(22)18-11-1-5-13(6-2-11)20-16-9-10-17-20/h1-2,5-6,9-10,12,14,21H,3-4,7-8H2,(H2,18,19,22). The molecule has 1 fully saturated rings. The third kappa shape index (κ3) is 3.62. The molecule has 0 atom stereocenters. The molecular weight excluding hydrogens is 282 g/mol. The Morgan fingerprint density at radius 2 is 1.73 bits per heavy atom. The van der Waals surface area contributed by atoms with Crippen LogP contribution in [0.25, 0.3) is 5.69 Å². The van der Waals surface area contributed by atoms with E-state index in [0.29, 0.717) is 5.69 Å². The predicted octanol–water partition coefficient (Wildman–Crippen LogP) is 1.69. The van der Waals surface area contributed by atoms with E-state index < -0.39 is 0 Å². The first kappa shape index (κ1) is 14.5. The van der Waals surface area contributed by atoms with Gasteiger partial charge in [0.15, 0.2) is 0 Å². The van der Waals surface area contributed by atoms with Crippen LogP contribution in [-0.2, 0) is 0 Å². The Morgan fingerprint density at radius 3 is 2.36 bits per heavy atom. The molecule has 3 N–H and O–H groups in total. The maximum Gasteiger partial charge on any atom is 0.319 e. The van der Waals surface area contributed by atoms with Crippen LogP contribution in [0, 0.1) is 0 Å². The number of hydrogen-bond donors (Lipinski definition) is 3. The summed E-state index contributed by atoms with van der Waals surface area (Å²) in [5, 5.41) is 23.3. The molecule has 116 valence electrons. The summed E-state index contributed by atoms with van der Waals surface area (Å²) >= 11 is 0. The van der Waals surface area contributed by atoms with Crippen molar-refractivity contribution in [1.29, 1.82) is 0 Å². The molecule has 1 aliphatic rings. The van der Waals surface area contributed by atoms with Gasteiger partial charge in [-0.05, 0) is 49.9 Å². The molecule has 0 saturated heterocycles. The molecule has 7 nitrogen and oxygen atoms in total. The summed E-state index contributed by atoms with van der Waals surface area (Å²) in [7, 11) is 0. The van der Waals surface area contributed by atoms with Gasteiger partial charge in [-0.15, -0.1) is 0 Å². The van der Waals surface area contributed by atoms with Crippen molar-refractivity contribution in [2.45, 2.75) is 37.8 Å². The van der Waals surface area contributed by atoms with E-state index in [1.165, 1.54) is 4.80 Å². The van der Waals surface area contributed by atoms with Crippen LogP contribution in [0.5, 0.6) is 0 Å². The number of aliphatic hydroxyl groups excluding tert-OH is 1. The number of carbonyl (C=O) groups is 1. The van der Waals surface area contributed by atoms with E-state index in [1.54, 1.807) is 12.4 Å². The maximum atomic E-state index is 12.0. The van der Waals surface area contributed by atoms with Crippen molar-refractivity contribution in [3.63, 3.8) is 0 Å². The predicted molar refractivity (Wildman–Crippen MR) is 81.8 cm³/mol. The Morgan fingerprint density at radius 1 is 1.09 bits per heavy atom. The van der Waals surface area contributed by atoms with Gasteiger partial charge < -0.3 is 15.7 Å². The van der Waals surface area contributed by atoms with Gasteiger partial charge in [0.05, 0.1) is 24.2 Å². The number of hydrogen-bond acceptors (Lipinski definition) is 4. The molecular formula is C15H19N5O2. The lowest BCUT2D eigenvalue weighted by Crippen LogP contribution is -2.40. The van der Waals surface area contributed by atoms with E-state index in [1.807, 2.05) is 24.3 Å². The highest BCUT2D eigenvalue weighted by Crippen LogP contribution is 2.18. The lowest BCUT2D eigenvalue weighted by Gasteiger charge is -2.26. The van der Waals surface area contributed by atoms with Crippen molar-refractivity contribution < 1.29 is 9.90 Å². The van der Waals surface area contributed by atoms with Crippen molar-refractivity contribution in [2.75, 3.05) is 5.32 Å². The van der Waals surface area contributed by atoms with Crippen LogP contribution in [0.4, 0.5) is 10.5 Å². The second kappa shape index (κ2) is 6.57. The molecule has 1 aliphatic carbocycles. The first-order valence-corrected chi connectivity index (χ1v) is 7.43. The number of anilines is 1. The highest BCUT2D eigenvalue weighted by molar-refractivity contribution is 5.89. The normalized spacial score (nSPS) is 21.3. The molecule has 0 spiro atoms. The summed E-state index contributed by atoms with van der Waals surface area (Å²) in [6.07, 6.45) is 6.13. The van der Waals surface area contributed by atoms with Crippen LogP contribution < -0.4 is 10.6 Å². The van der Waals surface area contributed by atoms with E-state index in [9.17, 15) is 9.90 Å². The fourth-order valence-corrected chi connectivity index (χ4v) is 2.60. The summed E-state index contributed by atoms with van der Waals surface area (Å²) < 4.78 is 0. The number of nitrogens with one attached hydrogen (secondary N) is 2. The highest BCUT2D eigenvalue weighted by atomic mass is 16.3. The largest absolute Gasteiger partial charge is 0.393 e. The molecule has 1 aromatic carbocycles. The number of benzene rings is 1. The van der Waals surface area contributed by atoms with Crippen molar-refractivity contribution in [3.05, 3.63) is 36.7 Å². The van der Waals surface area contributed by atoms with Crippen molar-refractivity contribution in [3.8, 4) is 5.69 Å². The fourth-order valence-electron chi connectivity index (χ4n) is 2.60. The van der Waals surface area contributed by atoms with E-state index in [0.717, 1.165) is 31.4 Å². The molecule has 0 radical (unpaired) electrons. The van der Waals surface area contributed by atoms with E-state index in [2.05, 4.69) is 20.8 Å². The zero-order chi connectivity index (χ0) is 15.4. The van der Waals surface area contributed by atoms with Crippen molar-refractivity contribution >= 4 is 11.7 Å². The Labute approximate surface area is 128 Å². The first-order chi connectivity index (χ1) is 10.7. The van der Waals surface area contributed by atoms with Crippen molar-refractivity contribution in [1.82, 2.24) is 20.3 Å². The molecule has 7 heteroatoms. The average molecular weight is 301 g/mol. The number of amides is 2. The topological polar surface area (TPSA) is 92.1 Å². The maximum absolute atomic E-state index is 12.0. The van der Waals surface area contributed by atoms with Crippen LogP contribution in [0.3, 0.4) is 0 Å². The smallest absolute Gasteiger partial charge is 0.319 e. The third-order valence-electron chi connectivity index (χ3n) is 3.81. The number of nitrogens with zero attached hydrogens (tertiary/aromatic N) is 3. The van der Waals surface area contributed by atoms with Gasteiger partial charge in [-0.1, -0.05) is 0 Å². The number of carbonyl (C=O) groups excluding carboxylic acids is 1. The van der Waals surface area contributed by atoms with Crippen LogP contribution in [0.1, 0.15) is 25.7 Å². The molecule has 1 aromatic heterocycles. The molecule has 1 saturated carbocycles. The SMILES string of the molecule is O=C(Nc1ccc(-n2nccn2)cc1)NC1CCC(O)CC1. The Kier molecular flexibility index (Phi) is 4.34. The molecule has 0 aliphatic heterocycles. The number of aliphatic hydroxyl groups is 1. The zero-order valence-corrected chi connectivity index (χ0v) is 12.1. The second-order valence-corrected chi connectivity index (χ2v) is 5.47. The van der Waals surface area contributed by atoms with Crippen molar-refractivity contribution in [2.24, 2.45) is 0 Å². The van der Waals surface area contributed by atoms with Gasteiger partial charge in [-0.25, -0.2) is 4.79 Å². The highest BCUT2D eigenvalue weighted by Gasteiger charge is 2.20. The quantitative estimate of drug-likeness (QED) is 0.804. The second-order valence-electron chi connectivity index (χ2n) is 5.47. The minimum absolute atomic E-state index is 0.135. The third-order valence-corrected chi connectivity index (χ3v) is 3.81. The number of urea groups is 1.